The minimum absolute atomic E-state index is 0.512. The monoisotopic (exact) mass is 200 g/mol. The zero-order chi connectivity index (χ0) is 10.6. The van der Waals surface area contributed by atoms with Crippen molar-refractivity contribution in [3.05, 3.63) is 0 Å². The molecule has 3 atom stereocenters. The molecule has 0 bridgehead atoms. The van der Waals surface area contributed by atoms with Crippen LogP contribution in [0.2, 0.25) is 0 Å². The van der Waals surface area contributed by atoms with Crippen LogP contribution in [-0.2, 0) is 4.74 Å². The Hall–Kier alpha value is -0.120. The molecule has 0 amide bonds. The van der Waals surface area contributed by atoms with Crippen LogP contribution in [0.4, 0.5) is 0 Å². The lowest BCUT2D eigenvalue weighted by molar-refractivity contribution is 0.103. The normalized spacial score (nSPS) is 28.1. The van der Waals surface area contributed by atoms with E-state index in [2.05, 4.69) is 24.2 Å². The number of nitrogens with zero attached hydrogens (tertiary/aromatic N) is 1. The molecule has 3 nitrogen and oxygen atoms in total. The van der Waals surface area contributed by atoms with Crippen molar-refractivity contribution in [2.24, 2.45) is 11.8 Å². The summed E-state index contributed by atoms with van der Waals surface area (Å²) < 4.78 is 5.22. The fourth-order valence-corrected chi connectivity index (χ4v) is 1.94. The van der Waals surface area contributed by atoms with Crippen molar-refractivity contribution in [3.63, 3.8) is 0 Å². The van der Waals surface area contributed by atoms with Crippen LogP contribution in [0, 0.1) is 11.8 Å². The third kappa shape index (κ3) is 3.56. The van der Waals surface area contributed by atoms with E-state index in [1.54, 1.807) is 7.11 Å². The van der Waals surface area contributed by atoms with Crippen molar-refractivity contribution in [3.8, 4) is 0 Å². The number of methoxy groups -OCH3 is 1. The second-order valence-electron chi connectivity index (χ2n) is 4.58. The Morgan fingerprint density at radius 3 is 2.64 bits per heavy atom. The van der Waals surface area contributed by atoms with Crippen molar-refractivity contribution >= 4 is 0 Å². The zero-order valence-electron chi connectivity index (χ0n) is 9.92. The molecule has 0 aromatic carbocycles. The number of nitrogens with one attached hydrogen (secondary N) is 1. The maximum atomic E-state index is 5.22. The van der Waals surface area contributed by atoms with E-state index in [0.29, 0.717) is 6.04 Å². The molecule has 3 unspecified atom stereocenters. The molecule has 3 heteroatoms. The fourth-order valence-electron chi connectivity index (χ4n) is 1.94. The average Bonchev–Trinajstić information content (AvgIpc) is 2.81. The third-order valence-corrected chi connectivity index (χ3v) is 3.22. The van der Waals surface area contributed by atoms with Crippen LogP contribution in [0.25, 0.3) is 0 Å². The van der Waals surface area contributed by atoms with E-state index >= 15 is 0 Å². The van der Waals surface area contributed by atoms with E-state index in [1.165, 1.54) is 13.0 Å². The van der Waals surface area contributed by atoms with Gasteiger partial charge in [0.2, 0.25) is 0 Å². The van der Waals surface area contributed by atoms with Crippen LogP contribution in [0.3, 0.4) is 0 Å². The molecule has 0 aliphatic heterocycles. The number of hydrogen-bond acceptors (Lipinski definition) is 3. The first-order valence-electron chi connectivity index (χ1n) is 5.52. The van der Waals surface area contributed by atoms with Crippen molar-refractivity contribution in [1.82, 2.24) is 10.2 Å². The van der Waals surface area contributed by atoms with Crippen molar-refractivity contribution in [1.29, 1.82) is 0 Å². The lowest BCUT2D eigenvalue weighted by atomic mass is 10.2. The predicted octanol–water partition coefficient (Wildman–Crippen LogP) is 0.809. The molecule has 0 heterocycles. The van der Waals surface area contributed by atoms with Gasteiger partial charge < -0.3 is 10.1 Å². The Balaban J connectivity index is 2.25. The summed E-state index contributed by atoms with van der Waals surface area (Å²) in [6.45, 7) is 5.38. The van der Waals surface area contributed by atoms with Gasteiger partial charge in [-0.2, -0.15) is 0 Å². The number of hydrogen-bond donors (Lipinski definition) is 1. The van der Waals surface area contributed by atoms with Gasteiger partial charge in [0.25, 0.3) is 0 Å². The summed E-state index contributed by atoms with van der Waals surface area (Å²) in [5.74, 6) is 1.87. The lowest BCUT2D eigenvalue weighted by Gasteiger charge is -2.27. The molecule has 0 spiro atoms. The van der Waals surface area contributed by atoms with Crippen LogP contribution in [0.15, 0.2) is 0 Å². The Kier molecular flexibility index (Phi) is 4.85. The molecule has 0 radical (unpaired) electrons. The Morgan fingerprint density at radius 1 is 1.57 bits per heavy atom. The summed E-state index contributed by atoms with van der Waals surface area (Å²) in [6, 6.07) is 0.512. The highest BCUT2D eigenvalue weighted by atomic mass is 16.5. The van der Waals surface area contributed by atoms with E-state index < -0.39 is 0 Å². The Morgan fingerprint density at radius 2 is 2.21 bits per heavy atom. The van der Waals surface area contributed by atoms with E-state index in [9.17, 15) is 0 Å². The summed E-state index contributed by atoms with van der Waals surface area (Å²) >= 11 is 0. The second-order valence-corrected chi connectivity index (χ2v) is 4.58. The van der Waals surface area contributed by atoms with Crippen molar-refractivity contribution < 1.29 is 4.74 Å². The highest BCUT2D eigenvalue weighted by molar-refractivity contribution is 4.86. The zero-order valence-corrected chi connectivity index (χ0v) is 9.92. The van der Waals surface area contributed by atoms with Crippen molar-refractivity contribution in [2.75, 3.05) is 40.9 Å². The minimum atomic E-state index is 0.512. The summed E-state index contributed by atoms with van der Waals surface area (Å²) in [5.41, 5.74) is 0. The molecular weight excluding hydrogens is 176 g/mol. The summed E-state index contributed by atoms with van der Waals surface area (Å²) in [6.07, 6.45) is 1.41. The molecule has 1 N–H and O–H groups in total. The molecule has 1 saturated carbocycles. The molecule has 0 saturated heterocycles. The van der Waals surface area contributed by atoms with Gasteiger partial charge in [0.05, 0.1) is 6.61 Å². The first-order chi connectivity index (χ1) is 6.69. The van der Waals surface area contributed by atoms with Crippen LogP contribution in [0.1, 0.15) is 13.3 Å². The van der Waals surface area contributed by atoms with Gasteiger partial charge in [0.15, 0.2) is 0 Å². The van der Waals surface area contributed by atoms with E-state index in [-0.39, 0.29) is 0 Å². The molecule has 1 aliphatic carbocycles. The highest BCUT2D eigenvalue weighted by Gasteiger charge is 2.34. The molecule has 1 fully saturated rings. The largest absolute Gasteiger partial charge is 0.383 e. The van der Waals surface area contributed by atoms with Gasteiger partial charge in [-0.25, -0.2) is 0 Å². The number of ether oxygens (including phenoxy) is 1. The number of rotatable bonds is 7. The molecule has 1 rings (SSSR count). The predicted molar refractivity (Wildman–Crippen MR) is 59.5 cm³/mol. The van der Waals surface area contributed by atoms with Crippen LogP contribution in [0.5, 0.6) is 0 Å². The van der Waals surface area contributed by atoms with Gasteiger partial charge in [0, 0.05) is 26.2 Å². The molecule has 14 heavy (non-hydrogen) atoms. The molecule has 0 aromatic rings. The van der Waals surface area contributed by atoms with Gasteiger partial charge in [-0.1, -0.05) is 6.92 Å². The molecule has 84 valence electrons. The maximum absolute atomic E-state index is 5.22. The molecule has 0 aromatic heterocycles. The SMILES string of the molecule is CNCC(COC)N(C)CC1CC1C. The standard InChI is InChI=1S/C11H24N2O/c1-9-5-10(9)7-13(3)11(6-12-2)8-14-4/h9-12H,5-8H2,1-4H3. The van der Waals surface area contributed by atoms with Crippen LogP contribution < -0.4 is 5.32 Å². The molecule has 1 aliphatic rings. The summed E-state index contributed by atoms with van der Waals surface area (Å²) in [5, 5.41) is 3.22. The molecular formula is C11H24N2O. The van der Waals surface area contributed by atoms with Gasteiger partial charge in [0.1, 0.15) is 0 Å². The summed E-state index contributed by atoms with van der Waals surface area (Å²) in [7, 11) is 5.97. The minimum Gasteiger partial charge on any atom is -0.383 e. The van der Waals surface area contributed by atoms with Gasteiger partial charge >= 0.3 is 0 Å². The van der Waals surface area contributed by atoms with E-state index in [0.717, 1.165) is 25.0 Å². The van der Waals surface area contributed by atoms with E-state index in [1.807, 2.05) is 7.05 Å². The Labute approximate surface area is 87.8 Å². The quantitative estimate of drug-likeness (QED) is 0.658. The lowest BCUT2D eigenvalue weighted by Crippen LogP contribution is -2.43. The van der Waals surface area contributed by atoms with E-state index in [4.69, 9.17) is 4.74 Å². The van der Waals surface area contributed by atoms with Gasteiger partial charge in [-0.3, -0.25) is 4.90 Å². The topological polar surface area (TPSA) is 24.5 Å². The van der Waals surface area contributed by atoms with Gasteiger partial charge in [-0.05, 0) is 32.4 Å². The first kappa shape index (κ1) is 12.0. The first-order valence-corrected chi connectivity index (χ1v) is 5.52. The van der Waals surface area contributed by atoms with Crippen LogP contribution in [-0.4, -0.2) is 51.8 Å². The van der Waals surface area contributed by atoms with Gasteiger partial charge in [-0.15, -0.1) is 0 Å². The smallest absolute Gasteiger partial charge is 0.0630 e. The van der Waals surface area contributed by atoms with Crippen molar-refractivity contribution in [2.45, 2.75) is 19.4 Å². The number of likely N-dealkylation sites (N-methyl/N-ethyl adjacent to an activating group) is 2. The second kappa shape index (κ2) is 5.69. The third-order valence-electron chi connectivity index (χ3n) is 3.22. The Bertz CT molecular complexity index is 157. The average molecular weight is 200 g/mol. The van der Waals surface area contributed by atoms with Crippen LogP contribution >= 0.6 is 0 Å². The summed E-state index contributed by atoms with van der Waals surface area (Å²) in [4.78, 5) is 2.42. The fraction of sp³-hybridized carbons (Fsp3) is 1.00. The highest BCUT2D eigenvalue weighted by Crippen LogP contribution is 2.38. The maximum Gasteiger partial charge on any atom is 0.0630 e.